The van der Waals surface area contributed by atoms with Gasteiger partial charge in [0.25, 0.3) is 0 Å². The van der Waals surface area contributed by atoms with Crippen LogP contribution in [0.4, 0.5) is 0 Å². The molecule has 5 nitrogen and oxygen atoms in total. The Hall–Kier alpha value is -1.39. The molecule has 0 heterocycles. The number of hydrogen-bond acceptors (Lipinski definition) is 4. The summed E-state index contributed by atoms with van der Waals surface area (Å²) >= 11 is 0. The topological polar surface area (TPSA) is 75.6 Å². The van der Waals surface area contributed by atoms with Gasteiger partial charge in [0.1, 0.15) is 0 Å². The van der Waals surface area contributed by atoms with Crippen molar-refractivity contribution in [2.24, 2.45) is 0 Å². The van der Waals surface area contributed by atoms with Crippen molar-refractivity contribution in [3.8, 4) is 11.8 Å². The molecule has 1 atom stereocenters. The number of sulfonamides is 1. The quantitative estimate of drug-likeness (QED) is 0.770. The number of aliphatic hydroxyl groups is 1. The van der Waals surface area contributed by atoms with Crippen molar-refractivity contribution >= 4 is 10.0 Å². The van der Waals surface area contributed by atoms with E-state index in [-0.39, 0.29) is 17.5 Å². The molecule has 0 saturated carbocycles. The van der Waals surface area contributed by atoms with Crippen LogP contribution in [0, 0.1) is 18.8 Å². The minimum absolute atomic E-state index is 0.0137. The molecule has 6 heteroatoms. The fourth-order valence-electron chi connectivity index (χ4n) is 1.77. The molecule has 2 N–H and O–H groups in total. The van der Waals surface area contributed by atoms with Gasteiger partial charge >= 0.3 is 0 Å². The Morgan fingerprint density at radius 2 is 2.14 bits per heavy atom. The average Bonchev–Trinajstić information content (AvgIpc) is 2.40. The van der Waals surface area contributed by atoms with E-state index >= 15 is 0 Å². The summed E-state index contributed by atoms with van der Waals surface area (Å²) in [5.74, 6) is 5.73. The lowest BCUT2D eigenvalue weighted by Crippen LogP contribution is -2.35. The molecule has 1 unspecified atom stereocenters. The van der Waals surface area contributed by atoms with Crippen LogP contribution < -0.4 is 4.72 Å². The zero-order valence-electron chi connectivity index (χ0n) is 12.5. The largest absolute Gasteiger partial charge is 0.395 e. The van der Waals surface area contributed by atoms with Crippen LogP contribution in [0.2, 0.25) is 0 Å². The van der Waals surface area contributed by atoms with E-state index < -0.39 is 10.0 Å². The molecule has 21 heavy (non-hydrogen) atoms. The second-order valence-electron chi connectivity index (χ2n) is 4.73. The maximum absolute atomic E-state index is 12.2. The van der Waals surface area contributed by atoms with Gasteiger partial charge in [-0.1, -0.05) is 11.8 Å². The molecule has 0 fully saturated rings. The van der Waals surface area contributed by atoms with Crippen LogP contribution in [0.1, 0.15) is 24.5 Å². The molecule has 1 rings (SSSR count). The van der Waals surface area contributed by atoms with Crippen molar-refractivity contribution in [1.29, 1.82) is 0 Å². The van der Waals surface area contributed by atoms with E-state index in [0.29, 0.717) is 13.0 Å². The van der Waals surface area contributed by atoms with Gasteiger partial charge in [-0.25, -0.2) is 13.1 Å². The van der Waals surface area contributed by atoms with Gasteiger partial charge in [-0.15, -0.1) is 0 Å². The number of benzene rings is 1. The minimum Gasteiger partial charge on any atom is -0.395 e. The second kappa shape index (κ2) is 8.15. The highest BCUT2D eigenvalue weighted by Gasteiger charge is 2.17. The van der Waals surface area contributed by atoms with Gasteiger partial charge in [0.2, 0.25) is 10.0 Å². The molecular formula is C15H21NO4S. The van der Waals surface area contributed by atoms with Gasteiger partial charge in [0.15, 0.2) is 0 Å². The Morgan fingerprint density at radius 3 is 2.71 bits per heavy atom. The summed E-state index contributed by atoms with van der Waals surface area (Å²) in [6.45, 7) is 3.87. The van der Waals surface area contributed by atoms with Crippen molar-refractivity contribution in [2.75, 3.05) is 20.3 Å². The summed E-state index contributed by atoms with van der Waals surface area (Å²) < 4.78 is 31.9. The highest BCUT2D eigenvalue weighted by atomic mass is 32.2. The molecule has 0 radical (unpaired) electrons. The second-order valence-corrected chi connectivity index (χ2v) is 6.44. The molecule has 0 spiro atoms. The van der Waals surface area contributed by atoms with Crippen LogP contribution in [-0.4, -0.2) is 39.9 Å². The lowest BCUT2D eigenvalue weighted by molar-refractivity contribution is 0.180. The molecule has 0 aliphatic heterocycles. The normalized spacial score (nSPS) is 12.6. The summed E-state index contributed by atoms with van der Waals surface area (Å²) in [5.41, 5.74) is 1.54. The first-order valence-corrected chi connectivity index (χ1v) is 8.10. The smallest absolute Gasteiger partial charge is 0.240 e. The number of nitrogens with one attached hydrogen (secondary N) is 1. The summed E-state index contributed by atoms with van der Waals surface area (Å²) in [5, 5.41) is 8.69. The molecule has 0 bridgehead atoms. The molecule has 0 amide bonds. The zero-order chi connectivity index (χ0) is 15.9. The van der Waals surface area contributed by atoms with Gasteiger partial charge in [-0.2, -0.15) is 0 Å². The monoisotopic (exact) mass is 311 g/mol. The first-order chi connectivity index (χ1) is 9.90. The van der Waals surface area contributed by atoms with Crippen LogP contribution in [0.25, 0.3) is 0 Å². The van der Waals surface area contributed by atoms with Gasteiger partial charge in [0.05, 0.1) is 18.1 Å². The lowest BCUT2D eigenvalue weighted by atomic mass is 10.1. The lowest BCUT2D eigenvalue weighted by Gasteiger charge is -2.13. The molecule has 1 aromatic carbocycles. The van der Waals surface area contributed by atoms with E-state index in [2.05, 4.69) is 16.6 Å². The third-order valence-corrected chi connectivity index (χ3v) is 4.33. The van der Waals surface area contributed by atoms with E-state index in [0.717, 1.165) is 11.1 Å². The first kappa shape index (κ1) is 17.7. The Bertz CT molecular complexity index is 629. The molecule has 116 valence electrons. The first-order valence-electron chi connectivity index (χ1n) is 6.62. The molecular weight excluding hydrogens is 290 g/mol. The van der Waals surface area contributed by atoms with Crippen LogP contribution in [-0.2, 0) is 14.8 Å². The third-order valence-electron chi connectivity index (χ3n) is 2.74. The summed E-state index contributed by atoms with van der Waals surface area (Å²) in [4.78, 5) is 0.204. The van der Waals surface area contributed by atoms with Crippen molar-refractivity contribution in [1.82, 2.24) is 4.72 Å². The Labute approximate surface area is 126 Å². The predicted molar refractivity (Wildman–Crippen MR) is 81.4 cm³/mol. The minimum atomic E-state index is -3.56. The van der Waals surface area contributed by atoms with Crippen LogP contribution in [0.5, 0.6) is 0 Å². The maximum Gasteiger partial charge on any atom is 0.240 e. The van der Waals surface area contributed by atoms with Gasteiger partial charge in [-0.05, 0) is 37.6 Å². The van der Waals surface area contributed by atoms with Crippen LogP contribution >= 0.6 is 0 Å². The highest BCUT2D eigenvalue weighted by Crippen LogP contribution is 2.15. The Morgan fingerprint density at radius 1 is 1.43 bits per heavy atom. The molecule has 0 aromatic heterocycles. The van der Waals surface area contributed by atoms with E-state index in [9.17, 15) is 8.42 Å². The van der Waals surface area contributed by atoms with Crippen molar-refractivity contribution in [2.45, 2.75) is 31.2 Å². The zero-order valence-corrected chi connectivity index (χ0v) is 13.3. The van der Waals surface area contributed by atoms with Crippen LogP contribution in [0.15, 0.2) is 23.1 Å². The van der Waals surface area contributed by atoms with Crippen LogP contribution in [0.3, 0.4) is 0 Å². The summed E-state index contributed by atoms with van der Waals surface area (Å²) in [6.07, 6.45) is 0.398. The summed E-state index contributed by atoms with van der Waals surface area (Å²) in [6, 6.07) is 4.49. The fraction of sp³-hybridized carbons (Fsp3) is 0.467. The molecule has 0 aliphatic carbocycles. The standard InChI is InChI=1S/C15H21NO4S/c1-12-10-15(8-7-14(12)6-4-5-9-17)21(18,19)16-13(2)11-20-3/h7-8,10,13,16-17H,5,9,11H2,1-3H3. The number of ether oxygens (including phenoxy) is 1. The SMILES string of the molecule is COCC(C)NS(=O)(=O)c1ccc(C#CCCO)c(C)c1. The number of methoxy groups -OCH3 is 1. The molecule has 0 saturated heterocycles. The number of aryl methyl sites for hydroxylation is 1. The number of hydrogen-bond donors (Lipinski definition) is 2. The van der Waals surface area contributed by atoms with Crippen molar-refractivity contribution in [3.05, 3.63) is 29.3 Å². The van der Waals surface area contributed by atoms with E-state index in [4.69, 9.17) is 9.84 Å². The highest BCUT2D eigenvalue weighted by molar-refractivity contribution is 7.89. The molecule has 0 aliphatic rings. The van der Waals surface area contributed by atoms with E-state index in [1.54, 1.807) is 26.0 Å². The molecule has 1 aromatic rings. The Balaban J connectivity index is 2.95. The van der Waals surface area contributed by atoms with Gasteiger partial charge in [0, 0.05) is 25.1 Å². The summed E-state index contributed by atoms with van der Waals surface area (Å²) in [7, 11) is -2.04. The van der Waals surface area contributed by atoms with Gasteiger partial charge in [-0.3, -0.25) is 0 Å². The van der Waals surface area contributed by atoms with E-state index in [1.165, 1.54) is 13.2 Å². The third kappa shape index (κ3) is 5.48. The maximum atomic E-state index is 12.2. The van der Waals surface area contributed by atoms with Gasteiger partial charge < -0.3 is 9.84 Å². The van der Waals surface area contributed by atoms with Crippen molar-refractivity contribution in [3.63, 3.8) is 0 Å². The Kier molecular flexibility index (Phi) is 6.85. The average molecular weight is 311 g/mol. The van der Waals surface area contributed by atoms with Crippen molar-refractivity contribution < 1.29 is 18.3 Å². The number of aliphatic hydroxyl groups excluding tert-OH is 1. The fourth-order valence-corrected chi connectivity index (χ4v) is 3.09. The number of rotatable bonds is 6. The predicted octanol–water partition coefficient (Wildman–Crippen LogP) is 1.04. The van der Waals surface area contributed by atoms with E-state index in [1.807, 2.05) is 0 Å².